The van der Waals surface area contributed by atoms with E-state index < -0.39 is 0 Å². The molecule has 0 fully saturated rings. The summed E-state index contributed by atoms with van der Waals surface area (Å²) in [4.78, 5) is 5.62. The molecule has 3 aromatic rings. The van der Waals surface area contributed by atoms with E-state index in [-0.39, 0.29) is 6.04 Å². The number of thiazole rings is 1. The minimum Gasteiger partial charge on any atom is -0.324 e. The Morgan fingerprint density at radius 3 is 3.11 bits per heavy atom. The van der Waals surface area contributed by atoms with Gasteiger partial charge in [0.1, 0.15) is 0 Å². The lowest BCUT2D eigenvalue weighted by atomic mass is 10.0. The summed E-state index contributed by atoms with van der Waals surface area (Å²) >= 11 is 4.02. The molecule has 2 N–H and O–H groups in total. The molecule has 2 aromatic heterocycles. The van der Waals surface area contributed by atoms with Gasteiger partial charge in [-0.1, -0.05) is 18.2 Å². The first-order valence-electron chi connectivity index (χ1n) is 6.07. The highest BCUT2D eigenvalue weighted by molar-refractivity contribution is 14.1. The van der Waals surface area contributed by atoms with Gasteiger partial charge in [-0.05, 0) is 40.6 Å². The van der Waals surface area contributed by atoms with Gasteiger partial charge in [0.2, 0.25) is 0 Å². The smallest absolute Gasteiger partial charge is 0.193 e. The molecule has 2 heterocycles. The zero-order valence-corrected chi connectivity index (χ0v) is 13.5. The quantitative estimate of drug-likeness (QED) is 0.703. The molecule has 1 aromatic carbocycles. The van der Waals surface area contributed by atoms with Crippen LogP contribution in [0.1, 0.15) is 22.9 Å². The Bertz CT molecular complexity index is 688. The van der Waals surface area contributed by atoms with Crippen molar-refractivity contribution in [3.8, 4) is 0 Å². The predicted molar refractivity (Wildman–Crippen MR) is 87.6 cm³/mol. The molecule has 1 atom stereocenters. The zero-order valence-electron chi connectivity index (χ0n) is 10.5. The Morgan fingerprint density at radius 2 is 2.32 bits per heavy atom. The third kappa shape index (κ3) is 2.54. The Kier molecular flexibility index (Phi) is 3.60. The van der Waals surface area contributed by atoms with Crippen LogP contribution in [0.5, 0.6) is 0 Å². The molecule has 0 aliphatic carbocycles. The summed E-state index contributed by atoms with van der Waals surface area (Å²) in [5, 5.41) is 2.04. The van der Waals surface area contributed by atoms with Crippen LogP contribution >= 0.6 is 33.9 Å². The standard InChI is InChI=1S/C14H14IN3S/c1-9-3-2-4-11(13(9)15)12(16)7-10-8-18-5-6-19-14(18)17-10/h2-6,8,12H,7,16H2,1H3. The number of hydrogen-bond acceptors (Lipinski definition) is 3. The van der Waals surface area contributed by atoms with Gasteiger partial charge in [-0.15, -0.1) is 11.3 Å². The first-order chi connectivity index (χ1) is 9.15. The van der Waals surface area contributed by atoms with Crippen molar-refractivity contribution in [1.82, 2.24) is 9.38 Å². The molecule has 0 saturated carbocycles. The molecule has 0 bridgehead atoms. The molecule has 0 spiro atoms. The highest BCUT2D eigenvalue weighted by atomic mass is 127. The van der Waals surface area contributed by atoms with Crippen molar-refractivity contribution in [3.63, 3.8) is 0 Å². The van der Waals surface area contributed by atoms with Crippen molar-refractivity contribution in [3.05, 3.63) is 56.4 Å². The molecular formula is C14H14IN3S. The van der Waals surface area contributed by atoms with Gasteiger partial charge >= 0.3 is 0 Å². The number of nitrogens with zero attached hydrogens (tertiary/aromatic N) is 2. The van der Waals surface area contributed by atoms with E-state index in [2.05, 4.69) is 58.9 Å². The Labute approximate surface area is 129 Å². The second-order valence-corrected chi connectivity index (χ2v) is 6.57. The molecule has 3 rings (SSSR count). The van der Waals surface area contributed by atoms with Crippen LogP contribution in [0.2, 0.25) is 0 Å². The topological polar surface area (TPSA) is 43.3 Å². The van der Waals surface area contributed by atoms with Crippen LogP contribution in [-0.2, 0) is 6.42 Å². The summed E-state index contributed by atoms with van der Waals surface area (Å²) in [5.74, 6) is 0. The summed E-state index contributed by atoms with van der Waals surface area (Å²) in [6, 6.07) is 6.29. The molecule has 0 aliphatic rings. The molecule has 0 amide bonds. The number of aromatic nitrogens is 2. The lowest BCUT2D eigenvalue weighted by molar-refractivity contribution is 0.705. The molecule has 3 nitrogen and oxygen atoms in total. The minimum absolute atomic E-state index is 0.00333. The number of hydrogen-bond donors (Lipinski definition) is 1. The zero-order chi connectivity index (χ0) is 13.4. The fourth-order valence-corrected chi connectivity index (χ4v) is 3.64. The average Bonchev–Trinajstić information content (AvgIpc) is 2.93. The van der Waals surface area contributed by atoms with Gasteiger partial charge in [-0.25, -0.2) is 4.98 Å². The van der Waals surface area contributed by atoms with Gasteiger partial charge in [-0.2, -0.15) is 0 Å². The lowest BCUT2D eigenvalue weighted by Crippen LogP contribution is -2.15. The average molecular weight is 383 g/mol. The molecule has 0 saturated heterocycles. The molecule has 98 valence electrons. The van der Waals surface area contributed by atoms with Crippen LogP contribution in [-0.4, -0.2) is 9.38 Å². The van der Waals surface area contributed by atoms with Crippen LogP contribution in [0, 0.1) is 10.5 Å². The second-order valence-electron chi connectivity index (χ2n) is 4.61. The van der Waals surface area contributed by atoms with E-state index in [1.807, 2.05) is 16.0 Å². The Balaban J connectivity index is 1.86. The van der Waals surface area contributed by atoms with Crippen LogP contribution in [0.4, 0.5) is 0 Å². The van der Waals surface area contributed by atoms with Crippen molar-refractivity contribution in [2.24, 2.45) is 5.73 Å². The van der Waals surface area contributed by atoms with E-state index in [0.29, 0.717) is 0 Å². The number of benzene rings is 1. The summed E-state index contributed by atoms with van der Waals surface area (Å²) in [5.41, 5.74) is 9.87. The van der Waals surface area contributed by atoms with E-state index in [1.54, 1.807) is 11.3 Å². The van der Waals surface area contributed by atoms with Gasteiger partial charge < -0.3 is 5.73 Å². The number of aryl methyl sites for hydroxylation is 1. The van der Waals surface area contributed by atoms with Crippen molar-refractivity contribution in [2.45, 2.75) is 19.4 Å². The molecular weight excluding hydrogens is 369 g/mol. The van der Waals surface area contributed by atoms with Gasteiger partial charge in [-0.3, -0.25) is 4.40 Å². The van der Waals surface area contributed by atoms with Crippen LogP contribution in [0.3, 0.4) is 0 Å². The Morgan fingerprint density at radius 1 is 1.47 bits per heavy atom. The van der Waals surface area contributed by atoms with E-state index in [4.69, 9.17) is 5.73 Å². The molecule has 5 heteroatoms. The number of imidazole rings is 1. The van der Waals surface area contributed by atoms with Gasteiger partial charge in [0, 0.05) is 33.8 Å². The summed E-state index contributed by atoms with van der Waals surface area (Å²) in [6.07, 6.45) is 4.86. The third-order valence-electron chi connectivity index (χ3n) is 3.19. The van der Waals surface area contributed by atoms with Crippen molar-refractivity contribution >= 4 is 38.9 Å². The summed E-state index contributed by atoms with van der Waals surface area (Å²) in [6.45, 7) is 2.12. The molecule has 1 unspecified atom stereocenters. The van der Waals surface area contributed by atoms with Crippen molar-refractivity contribution in [1.29, 1.82) is 0 Å². The number of rotatable bonds is 3. The maximum Gasteiger partial charge on any atom is 0.193 e. The highest BCUT2D eigenvalue weighted by Gasteiger charge is 2.14. The van der Waals surface area contributed by atoms with E-state index in [9.17, 15) is 0 Å². The summed E-state index contributed by atoms with van der Waals surface area (Å²) < 4.78 is 3.31. The maximum absolute atomic E-state index is 6.34. The minimum atomic E-state index is -0.00333. The van der Waals surface area contributed by atoms with Gasteiger partial charge in [0.05, 0.1) is 5.69 Å². The van der Waals surface area contributed by atoms with Crippen molar-refractivity contribution in [2.75, 3.05) is 0 Å². The number of fused-ring (bicyclic) bond motifs is 1. The van der Waals surface area contributed by atoms with Crippen LogP contribution < -0.4 is 5.73 Å². The van der Waals surface area contributed by atoms with E-state index in [1.165, 1.54) is 14.7 Å². The first-order valence-corrected chi connectivity index (χ1v) is 8.02. The molecule has 19 heavy (non-hydrogen) atoms. The summed E-state index contributed by atoms with van der Waals surface area (Å²) in [7, 11) is 0. The van der Waals surface area contributed by atoms with E-state index >= 15 is 0 Å². The van der Waals surface area contributed by atoms with Gasteiger partial charge in [0.25, 0.3) is 0 Å². The largest absolute Gasteiger partial charge is 0.324 e. The number of halogens is 1. The lowest BCUT2D eigenvalue weighted by Gasteiger charge is -2.14. The SMILES string of the molecule is Cc1cccc(C(N)Cc2cn3ccsc3n2)c1I. The normalized spacial score (nSPS) is 13.0. The predicted octanol–water partition coefficient (Wildman–Crippen LogP) is 3.55. The molecule has 0 aliphatic heterocycles. The third-order valence-corrected chi connectivity index (χ3v) is 5.44. The molecule has 0 radical (unpaired) electrons. The Hall–Kier alpha value is -0.920. The monoisotopic (exact) mass is 383 g/mol. The second kappa shape index (κ2) is 5.22. The fourth-order valence-electron chi connectivity index (χ4n) is 2.17. The maximum atomic E-state index is 6.34. The first kappa shape index (κ1) is 13.1. The fraction of sp³-hybridized carbons (Fsp3) is 0.214. The highest BCUT2D eigenvalue weighted by Crippen LogP contribution is 2.24. The number of nitrogens with two attached hydrogens (primary N) is 1. The van der Waals surface area contributed by atoms with Crippen LogP contribution in [0.25, 0.3) is 4.96 Å². The van der Waals surface area contributed by atoms with Crippen molar-refractivity contribution < 1.29 is 0 Å². The van der Waals surface area contributed by atoms with Gasteiger partial charge in [0.15, 0.2) is 4.96 Å². The van der Waals surface area contributed by atoms with E-state index in [0.717, 1.165) is 17.1 Å². The van der Waals surface area contributed by atoms with Crippen LogP contribution in [0.15, 0.2) is 36.0 Å².